The number of nitriles is 1. The van der Waals surface area contributed by atoms with Crippen molar-refractivity contribution in [2.45, 2.75) is 44.1 Å². The summed E-state index contributed by atoms with van der Waals surface area (Å²) in [5.74, 6) is 1.10. The van der Waals surface area contributed by atoms with Crippen LogP contribution in [0.1, 0.15) is 38.5 Å². The third-order valence-electron chi connectivity index (χ3n) is 3.68. The first-order valence-electron chi connectivity index (χ1n) is 6.02. The predicted molar refractivity (Wildman–Crippen MR) is 58.0 cm³/mol. The zero-order valence-corrected chi connectivity index (χ0v) is 9.24. The van der Waals surface area contributed by atoms with Gasteiger partial charge in [-0.2, -0.15) is 5.26 Å². The number of ether oxygens (including phenoxy) is 1. The lowest BCUT2D eigenvalue weighted by molar-refractivity contribution is 0.0699. The van der Waals surface area contributed by atoms with E-state index in [9.17, 15) is 0 Å². The van der Waals surface area contributed by atoms with Crippen molar-refractivity contribution < 1.29 is 4.74 Å². The van der Waals surface area contributed by atoms with Gasteiger partial charge in [-0.3, -0.25) is 0 Å². The summed E-state index contributed by atoms with van der Waals surface area (Å²) in [6.07, 6.45) is 7.43. The molecule has 0 aromatic rings. The third kappa shape index (κ3) is 2.70. The number of nitrogens with two attached hydrogens (primary N) is 1. The molecule has 1 atom stereocenters. The van der Waals surface area contributed by atoms with Gasteiger partial charge in [-0.1, -0.05) is 12.8 Å². The van der Waals surface area contributed by atoms with E-state index in [1.165, 1.54) is 25.7 Å². The van der Waals surface area contributed by atoms with Gasteiger partial charge in [-0.25, -0.2) is 0 Å². The van der Waals surface area contributed by atoms with Crippen LogP contribution in [0, 0.1) is 23.2 Å². The summed E-state index contributed by atoms with van der Waals surface area (Å²) in [5, 5.41) is 9.03. The summed E-state index contributed by atoms with van der Waals surface area (Å²) < 4.78 is 5.63. The zero-order chi connectivity index (χ0) is 10.7. The molecule has 2 rings (SSSR count). The number of hydrogen-bond donors (Lipinski definition) is 1. The van der Waals surface area contributed by atoms with Gasteiger partial charge in [0.25, 0.3) is 0 Å². The molecule has 2 fully saturated rings. The molecule has 0 spiro atoms. The summed E-state index contributed by atoms with van der Waals surface area (Å²) in [5.41, 5.74) is 5.29. The summed E-state index contributed by atoms with van der Waals surface area (Å²) in [4.78, 5) is 0. The molecule has 0 aliphatic heterocycles. The van der Waals surface area contributed by atoms with E-state index in [1.807, 2.05) is 0 Å². The van der Waals surface area contributed by atoms with E-state index in [4.69, 9.17) is 15.7 Å². The smallest absolute Gasteiger partial charge is 0.130 e. The van der Waals surface area contributed by atoms with Crippen LogP contribution in [0.5, 0.6) is 0 Å². The molecule has 3 heteroatoms. The highest BCUT2D eigenvalue weighted by Crippen LogP contribution is 2.38. The summed E-state index contributed by atoms with van der Waals surface area (Å²) in [6, 6.07) is 2.22. The van der Waals surface area contributed by atoms with E-state index in [-0.39, 0.29) is 0 Å². The Hall–Kier alpha value is -0.590. The lowest BCUT2D eigenvalue weighted by Crippen LogP contribution is -2.45. The van der Waals surface area contributed by atoms with E-state index in [0.717, 1.165) is 19.4 Å². The average Bonchev–Trinajstić information content (AvgIpc) is 2.98. The van der Waals surface area contributed by atoms with Crippen LogP contribution >= 0.6 is 0 Å². The van der Waals surface area contributed by atoms with Gasteiger partial charge < -0.3 is 10.5 Å². The van der Waals surface area contributed by atoms with Crippen LogP contribution < -0.4 is 5.73 Å². The van der Waals surface area contributed by atoms with Crippen molar-refractivity contribution in [3.8, 4) is 6.07 Å². The second-order valence-corrected chi connectivity index (χ2v) is 5.09. The molecular weight excluding hydrogens is 188 g/mol. The summed E-state index contributed by atoms with van der Waals surface area (Å²) >= 11 is 0. The largest absolute Gasteiger partial charge is 0.378 e. The Bertz CT molecular complexity index is 251. The van der Waals surface area contributed by atoms with Crippen LogP contribution in [0.15, 0.2) is 0 Å². The van der Waals surface area contributed by atoms with Gasteiger partial charge in [0.15, 0.2) is 0 Å². The topological polar surface area (TPSA) is 59.0 Å². The molecule has 2 N–H and O–H groups in total. The Kier molecular flexibility index (Phi) is 3.28. The first kappa shape index (κ1) is 10.9. The van der Waals surface area contributed by atoms with Crippen LogP contribution in [-0.4, -0.2) is 18.8 Å². The Morgan fingerprint density at radius 1 is 1.27 bits per heavy atom. The van der Waals surface area contributed by atoms with Crippen LogP contribution in [0.4, 0.5) is 0 Å². The van der Waals surface area contributed by atoms with E-state index in [0.29, 0.717) is 18.4 Å². The minimum atomic E-state index is -0.710. The van der Waals surface area contributed by atoms with E-state index in [1.54, 1.807) is 0 Å². The van der Waals surface area contributed by atoms with Gasteiger partial charge in [-0.15, -0.1) is 0 Å². The van der Waals surface area contributed by atoms with Crippen LogP contribution in [-0.2, 0) is 4.74 Å². The Morgan fingerprint density at radius 2 is 1.93 bits per heavy atom. The van der Waals surface area contributed by atoms with Crippen molar-refractivity contribution in [1.29, 1.82) is 5.26 Å². The maximum absolute atomic E-state index is 9.03. The molecule has 0 aromatic heterocycles. The average molecular weight is 208 g/mol. The Morgan fingerprint density at radius 3 is 2.47 bits per heavy atom. The fraction of sp³-hybridized carbons (Fsp3) is 0.917. The van der Waals surface area contributed by atoms with Crippen molar-refractivity contribution in [2.24, 2.45) is 17.6 Å². The molecule has 2 saturated carbocycles. The maximum Gasteiger partial charge on any atom is 0.130 e. The second-order valence-electron chi connectivity index (χ2n) is 5.09. The minimum absolute atomic E-state index is 0.381. The SMILES string of the molecule is N#CC(N)(COCC1CCCC1)C1CC1. The van der Waals surface area contributed by atoms with E-state index >= 15 is 0 Å². The van der Waals surface area contributed by atoms with Crippen molar-refractivity contribution >= 4 is 0 Å². The third-order valence-corrected chi connectivity index (χ3v) is 3.68. The summed E-state index contributed by atoms with van der Waals surface area (Å²) in [6.45, 7) is 1.22. The van der Waals surface area contributed by atoms with Crippen molar-refractivity contribution in [3.63, 3.8) is 0 Å². The first-order chi connectivity index (χ1) is 7.24. The highest BCUT2D eigenvalue weighted by atomic mass is 16.5. The molecule has 0 bridgehead atoms. The molecule has 2 aliphatic rings. The van der Waals surface area contributed by atoms with Gasteiger partial charge in [0, 0.05) is 6.61 Å². The van der Waals surface area contributed by atoms with Gasteiger partial charge in [0.1, 0.15) is 5.54 Å². The van der Waals surface area contributed by atoms with E-state index in [2.05, 4.69) is 6.07 Å². The molecule has 1 unspecified atom stereocenters. The fourth-order valence-corrected chi connectivity index (χ4v) is 2.41. The second kappa shape index (κ2) is 4.51. The van der Waals surface area contributed by atoms with Gasteiger partial charge in [-0.05, 0) is 37.5 Å². The molecule has 0 heterocycles. The molecular formula is C12H20N2O. The summed E-state index contributed by atoms with van der Waals surface area (Å²) in [7, 11) is 0. The van der Waals surface area contributed by atoms with Crippen LogP contribution in [0.2, 0.25) is 0 Å². The highest BCUT2D eigenvalue weighted by molar-refractivity contribution is 5.13. The van der Waals surface area contributed by atoms with Crippen LogP contribution in [0.3, 0.4) is 0 Å². The lowest BCUT2D eigenvalue weighted by Gasteiger charge is -2.21. The van der Waals surface area contributed by atoms with Crippen molar-refractivity contribution in [2.75, 3.05) is 13.2 Å². The first-order valence-corrected chi connectivity index (χ1v) is 6.02. The highest BCUT2D eigenvalue weighted by Gasteiger charge is 2.43. The number of nitrogens with zero attached hydrogens (tertiary/aromatic N) is 1. The number of hydrogen-bond acceptors (Lipinski definition) is 3. The normalized spacial score (nSPS) is 26.1. The molecule has 15 heavy (non-hydrogen) atoms. The molecule has 2 aliphatic carbocycles. The van der Waals surface area contributed by atoms with Crippen LogP contribution in [0.25, 0.3) is 0 Å². The Balaban J connectivity index is 1.69. The molecule has 0 aromatic carbocycles. The predicted octanol–water partition coefficient (Wildman–Crippen LogP) is 1.82. The van der Waals surface area contributed by atoms with Gasteiger partial charge in [0.05, 0.1) is 12.7 Å². The van der Waals surface area contributed by atoms with E-state index < -0.39 is 5.54 Å². The Labute approximate surface area is 91.6 Å². The fourth-order valence-electron chi connectivity index (χ4n) is 2.41. The molecule has 84 valence electrons. The maximum atomic E-state index is 9.03. The molecule has 0 radical (unpaired) electrons. The van der Waals surface area contributed by atoms with Gasteiger partial charge >= 0.3 is 0 Å². The standard InChI is InChI=1S/C12H20N2O/c13-8-12(14,11-5-6-11)9-15-7-10-3-1-2-4-10/h10-11H,1-7,9,14H2. The van der Waals surface area contributed by atoms with Gasteiger partial charge in [0.2, 0.25) is 0 Å². The van der Waals surface area contributed by atoms with Crippen molar-refractivity contribution in [3.05, 3.63) is 0 Å². The zero-order valence-electron chi connectivity index (χ0n) is 9.24. The minimum Gasteiger partial charge on any atom is -0.378 e. The quantitative estimate of drug-likeness (QED) is 0.749. The molecule has 3 nitrogen and oxygen atoms in total. The monoisotopic (exact) mass is 208 g/mol. The number of rotatable bonds is 5. The van der Waals surface area contributed by atoms with Crippen molar-refractivity contribution in [1.82, 2.24) is 0 Å². The molecule has 0 amide bonds. The lowest BCUT2D eigenvalue weighted by atomic mass is 9.98. The molecule has 0 saturated heterocycles.